The molecular weight excluding hydrogens is 827 g/mol. The molecule has 2 heterocycles. The van der Waals surface area contributed by atoms with E-state index < -0.39 is 47.6 Å². The normalized spacial score (nSPS) is 17.5. The number of nitrogens with one attached hydrogen (secondary N) is 1. The van der Waals surface area contributed by atoms with Crippen LogP contribution in [0, 0.1) is 37.0 Å². The van der Waals surface area contributed by atoms with E-state index in [0.717, 1.165) is 11.1 Å². The molecule has 1 aliphatic rings. The molecule has 4 aromatic rings. The van der Waals surface area contributed by atoms with Crippen LogP contribution in [0.5, 0.6) is 11.5 Å². The average Bonchev–Trinajstić information content (AvgIpc) is 3.26. The van der Waals surface area contributed by atoms with Gasteiger partial charge in [0.25, 0.3) is 0 Å². The van der Waals surface area contributed by atoms with Crippen LogP contribution in [0.1, 0.15) is 104 Å². The van der Waals surface area contributed by atoms with Crippen molar-refractivity contribution in [2.45, 2.75) is 104 Å². The maximum atomic E-state index is 14.7. The highest BCUT2D eigenvalue weighted by Crippen LogP contribution is 2.40. The van der Waals surface area contributed by atoms with Gasteiger partial charge in [0.2, 0.25) is 11.8 Å². The van der Waals surface area contributed by atoms with Gasteiger partial charge in [-0.1, -0.05) is 64.1 Å². The zero-order valence-corrected chi connectivity index (χ0v) is 38.3. The summed E-state index contributed by atoms with van der Waals surface area (Å²) in [5.74, 6) is -3.76. The molecule has 0 saturated heterocycles. The number of nitriles is 1. The zero-order valence-electron chi connectivity index (χ0n) is 38.3. The lowest BCUT2D eigenvalue weighted by atomic mass is 9.86. The van der Waals surface area contributed by atoms with Crippen molar-refractivity contribution in [1.29, 1.82) is 5.26 Å². The van der Waals surface area contributed by atoms with Crippen molar-refractivity contribution in [1.82, 2.24) is 20.2 Å². The number of phenolic OH excluding ortho intramolecular Hbond substituents is 1. The van der Waals surface area contributed by atoms with Crippen LogP contribution in [-0.2, 0) is 31.0 Å². The molecule has 0 spiro atoms. The summed E-state index contributed by atoms with van der Waals surface area (Å²) in [6.45, 7) is 11.0. The number of aromatic hydroxyl groups is 1. The number of aliphatic hydroxyl groups is 1. The van der Waals surface area contributed by atoms with E-state index in [4.69, 9.17) is 26.2 Å². The van der Waals surface area contributed by atoms with Gasteiger partial charge in [-0.2, -0.15) is 5.26 Å². The number of likely N-dealkylation sites (N-methyl/N-ethyl adjacent to an activating group) is 1. The molecule has 15 nitrogen and oxygen atoms in total. The number of fused-ring (bicyclic) bond motifs is 5. The Hall–Kier alpha value is -6.34. The number of Topliss-reactive ketones (excluding diaryl/α,β-unsaturated/α-hetero) is 3. The quantitative estimate of drug-likeness (QED) is 0.0943. The molecule has 5 atom stereocenters. The van der Waals surface area contributed by atoms with Crippen molar-refractivity contribution in [3.05, 3.63) is 94.3 Å². The standard InChI is InChI=1S/C50H61N7O8/c1-28-21-43(62)46(57(7)49(64)34(18-20-52)25-42(61)45-29(2)54-47(55-30(45)3)32-11-14-35(15-12-32)50(4,5)6)33-13-16-40(59)37(24-33)38-22-31(10-17-44(38)65-27-36(53)26-58)23-39(56-48(28)63)41(60)9-8-19-51/h10-17,22,24,28,34,36,39,46,58-59H,8-9,18,20-21,23,25-27,52-53H2,1-7H3,(H,56,63)/t28-,34-,36-,39+,46+/m1/s1. The number of carbonyl (C=O) groups excluding carboxylic acids is 5. The van der Waals surface area contributed by atoms with E-state index >= 15 is 0 Å². The van der Waals surface area contributed by atoms with Crippen LogP contribution >= 0.6 is 0 Å². The fourth-order valence-corrected chi connectivity index (χ4v) is 8.13. The van der Waals surface area contributed by atoms with Crippen LogP contribution in [0.4, 0.5) is 0 Å². The molecule has 65 heavy (non-hydrogen) atoms. The lowest BCUT2D eigenvalue weighted by molar-refractivity contribution is -0.142. The minimum absolute atomic E-state index is 0.0302. The first-order chi connectivity index (χ1) is 30.8. The van der Waals surface area contributed by atoms with Crippen LogP contribution in [0.15, 0.2) is 60.7 Å². The van der Waals surface area contributed by atoms with Gasteiger partial charge in [-0.05, 0) is 79.6 Å². The van der Waals surface area contributed by atoms with Crippen molar-refractivity contribution in [2.24, 2.45) is 23.3 Å². The van der Waals surface area contributed by atoms with Crippen LogP contribution in [0.3, 0.4) is 0 Å². The lowest BCUT2D eigenvalue weighted by Gasteiger charge is -2.32. The summed E-state index contributed by atoms with van der Waals surface area (Å²) in [6, 6.07) is 16.3. The number of hydrogen-bond acceptors (Lipinski definition) is 13. The third kappa shape index (κ3) is 12.1. The highest BCUT2D eigenvalue weighted by molar-refractivity contribution is 6.01. The molecule has 1 aliphatic heterocycles. The number of hydrogen-bond donors (Lipinski definition) is 5. The number of ether oxygens (including phenoxy) is 1. The summed E-state index contributed by atoms with van der Waals surface area (Å²) >= 11 is 0. The molecule has 4 bridgehead atoms. The first-order valence-corrected chi connectivity index (χ1v) is 21.9. The number of aliphatic hydroxyl groups excluding tert-OH is 1. The Morgan fingerprint density at radius 2 is 1.68 bits per heavy atom. The smallest absolute Gasteiger partial charge is 0.226 e. The number of nitrogens with two attached hydrogens (primary N) is 2. The predicted octanol–water partition coefficient (Wildman–Crippen LogP) is 5.38. The predicted molar refractivity (Wildman–Crippen MR) is 246 cm³/mol. The maximum absolute atomic E-state index is 14.7. The van der Waals surface area contributed by atoms with Gasteiger partial charge in [-0.25, -0.2) is 9.97 Å². The third-order valence-corrected chi connectivity index (χ3v) is 11.8. The van der Waals surface area contributed by atoms with E-state index in [0.29, 0.717) is 39.5 Å². The van der Waals surface area contributed by atoms with E-state index in [1.165, 1.54) is 24.1 Å². The van der Waals surface area contributed by atoms with Gasteiger partial charge in [0.05, 0.1) is 41.7 Å². The minimum Gasteiger partial charge on any atom is -0.507 e. The van der Waals surface area contributed by atoms with E-state index in [1.807, 2.05) is 30.3 Å². The zero-order chi connectivity index (χ0) is 47.7. The number of nitrogens with zero attached hydrogens (tertiary/aromatic N) is 4. The second kappa shape index (κ2) is 21.6. The number of rotatable bonds is 15. The number of amides is 2. The highest BCUT2D eigenvalue weighted by atomic mass is 16.5. The van der Waals surface area contributed by atoms with Crippen molar-refractivity contribution >= 4 is 29.2 Å². The van der Waals surface area contributed by atoms with Gasteiger partial charge in [0.1, 0.15) is 24.1 Å². The number of benzene rings is 3. The van der Waals surface area contributed by atoms with Gasteiger partial charge in [-0.3, -0.25) is 24.0 Å². The van der Waals surface area contributed by atoms with Gasteiger partial charge < -0.3 is 36.6 Å². The monoisotopic (exact) mass is 887 g/mol. The Balaban J connectivity index is 1.54. The Kier molecular flexibility index (Phi) is 16.5. The van der Waals surface area contributed by atoms with Crippen molar-refractivity contribution in [3.8, 4) is 40.1 Å². The molecule has 0 unspecified atom stereocenters. The molecule has 15 heteroatoms. The maximum Gasteiger partial charge on any atom is 0.226 e. The van der Waals surface area contributed by atoms with Crippen molar-refractivity contribution in [2.75, 3.05) is 26.8 Å². The number of aryl methyl sites for hydroxylation is 2. The third-order valence-electron chi connectivity index (χ3n) is 11.8. The Bertz CT molecular complexity index is 2430. The number of carbonyl (C=O) groups is 5. The summed E-state index contributed by atoms with van der Waals surface area (Å²) in [7, 11) is 1.45. The Labute approximate surface area is 380 Å². The molecule has 3 aromatic carbocycles. The van der Waals surface area contributed by atoms with Crippen LogP contribution in [-0.4, -0.2) is 93.1 Å². The Morgan fingerprint density at radius 1 is 1.00 bits per heavy atom. The van der Waals surface area contributed by atoms with E-state index in [-0.39, 0.29) is 92.3 Å². The van der Waals surface area contributed by atoms with Gasteiger partial charge in [0.15, 0.2) is 23.2 Å². The van der Waals surface area contributed by atoms with E-state index in [1.54, 1.807) is 45.0 Å². The van der Waals surface area contributed by atoms with E-state index in [9.17, 15) is 39.4 Å². The molecule has 0 radical (unpaired) electrons. The topological polar surface area (TPSA) is 252 Å². The van der Waals surface area contributed by atoms with Crippen LogP contribution in [0.2, 0.25) is 0 Å². The van der Waals surface area contributed by atoms with Crippen LogP contribution < -0.4 is 21.5 Å². The fraction of sp³-hybridized carbons (Fsp3) is 0.440. The summed E-state index contributed by atoms with van der Waals surface area (Å²) in [4.78, 5) is 81.3. The van der Waals surface area contributed by atoms with Gasteiger partial charge in [0, 0.05) is 61.3 Å². The molecule has 2 amide bonds. The molecular formula is C50H61N7O8. The minimum atomic E-state index is -1.31. The highest BCUT2D eigenvalue weighted by Gasteiger charge is 2.36. The second-order valence-corrected chi connectivity index (χ2v) is 18.0. The molecule has 7 N–H and O–H groups in total. The van der Waals surface area contributed by atoms with Gasteiger partial charge >= 0.3 is 0 Å². The molecule has 0 aliphatic carbocycles. The molecule has 1 aromatic heterocycles. The number of aromatic nitrogens is 2. The largest absolute Gasteiger partial charge is 0.507 e. The van der Waals surface area contributed by atoms with Crippen LogP contribution in [0.25, 0.3) is 22.5 Å². The number of ketones is 3. The van der Waals surface area contributed by atoms with Crippen molar-refractivity contribution in [3.63, 3.8) is 0 Å². The summed E-state index contributed by atoms with van der Waals surface area (Å²) in [5.41, 5.74) is 16.6. The second-order valence-electron chi connectivity index (χ2n) is 18.0. The fourth-order valence-electron chi connectivity index (χ4n) is 8.13. The first kappa shape index (κ1) is 49.7. The first-order valence-electron chi connectivity index (χ1n) is 21.9. The Morgan fingerprint density at radius 3 is 2.29 bits per heavy atom. The summed E-state index contributed by atoms with van der Waals surface area (Å²) in [5, 5.41) is 33.0. The molecule has 0 fully saturated rings. The van der Waals surface area contributed by atoms with E-state index in [2.05, 4.69) is 26.1 Å². The summed E-state index contributed by atoms with van der Waals surface area (Å²) in [6.07, 6.45) is -0.635. The lowest BCUT2D eigenvalue weighted by Crippen LogP contribution is -2.46. The summed E-state index contributed by atoms with van der Waals surface area (Å²) < 4.78 is 6.02. The molecule has 344 valence electrons. The average molecular weight is 888 g/mol. The number of phenols is 1. The molecule has 5 rings (SSSR count). The van der Waals surface area contributed by atoms with Gasteiger partial charge in [-0.15, -0.1) is 0 Å². The van der Waals surface area contributed by atoms with Crippen molar-refractivity contribution < 1.29 is 38.9 Å². The molecule has 0 saturated carbocycles. The SMILES string of the molecule is Cc1nc(-c2ccc(C(C)(C)C)cc2)nc(C)c1C(=O)C[C@@H](CCN)C(=O)N(C)[C@@H]1C(=O)C[C@@H](C)C(=O)N[C@H](C(=O)CCC#N)Cc2ccc(OC[C@H](N)CO)c(c2)-c2cc1ccc2O.